The summed E-state index contributed by atoms with van der Waals surface area (Å²) in [7, 11) is -1.84. The van der Waals surface area contributed by atoms with E-state index in [9.17, 15) is 18.0 Å². The Labute approximate surface area is 171 Å². The summed E-state index contributed by atoms with van der Waals surface area (Å²) in [5, 5.41) is 6.15. The third-order valence-corrected chi connectivity index (χ3v) is 6.34. The Balaban J connectivity index is 0.00000392. The van der Waals surface area contributed by atoms with Crippen molar-refractivity contribution in [1.29, 1.82) is 0 Å². The van der Waals surface area contributed by atoms with Gasteiger partial charge < -0.3 is 15.6 Å². The lowest BCUT2D eigenvalue weighted by Crippen LogP contribution is -2.30. The average molecular weight is 431 g/mol. The van der Waals surface area contributed by atoms with Gasteiger partial charge in [0.05, 0.1) is 10.5 Å². The van der Waals surface area contributed by atoms with E-state index in [0.717, 1.165) is 13.0 Å². The first-order valence-corrected chi connectivity index (χ1v) is 10.4. The summed E-state index contributed by atoms with van der Waals surface area (Å²) >= 11 is 0. The molecule has 0 aliphatic rings. The first kappa shape index (κ1) is 24.1. The monoisotopic (exact) mass is 430 g/mol. The molecule has 0 aliphatic heterocycles. The number of carbonyl (C=O) groups excluding carboxylic acids is 1. The summed E-state index contributed by atoms with van der Waals surface area (Å²) in [5.74, 6) is -0.403. The second-order valence-corrected chi connectivity index (χ2v) is 7.99. The van der Waals surface area contributed by atoms with Gasteiger partial charge in [-0.15, -0.1) is 12.4 Å². The van der Waals surface area contributed by atoms with Crippen molar-refractivity contribution in [2.45, 2.75) is 25.2 Å². The van der Waals surface area contributed by atoms with Crippen molar-refractivity contribution < 1.29 is 13.2 Å². The normalized spacial score (nSPS) is 11.4. The number of nitrogens with zero attached hydrogens (tertiary/aromatic N) is 1. The van der Waals surface area contributed by atoms with Gasteiger partial charge in [0.15, 0.2) is 0 Å². The highest BCUT2D eigenvalue weighted by Gasteiger charge is 2.23. The summed E-state index contributed by atoms with van der Waals surface area (Å²) in [5.41, 5.74) is 0.165. The highest BCUT2D eigenvalue weighted by molar-refractivity contribution is 7.89. The lowest BCUT2D eigenvalue weighted by molar-refractivity contribution is 0.0954. The predicted octanol–water partition coefficient (Wildman–Crippen LogP) is 1.32. The van der Waals surface area contributed by atoms with Crippen molar-refractivity contribution >= 4 is 39.2 Å². The molecule has 2 rings (SSSR count). The standard InChI is InChI=1S/C18H26N4O4S.ClH/c1-4-22(5-2)27(25,26)13-7-8-16-14(11-13)15(12-17(23)21-16)18(24)20-10-6-9-19-3;/h7-8,11-12,19H,4-6,9-10H2,1-3H3,(H,20,24)(H,21,23);1H. The van der Waals surface area contributed by atoms with E-state index in [-0.39, 0.29) is 22.9 Å². The number of hydrogen-bond donors (Lipinski definition) is 3. The van der Waals surface area contributed by atoms with Crippen LogP contribution in [0.5, 0.6) is 0 Å². The highest BCUT2D eigenvalue weighted by atomic mass is 35.5. The highest BCUT2D eigenvalue weighted by Crippen LogP contribution is 2.22. The molecular formula is C18H27ClN4O4S. The van der Waals surface area contributed by atoms with E-state index in [4.69, 9.17) is 0 Å². The average Bonchev–Trinajstić information content (AvgIpc) is 2.64. The third-order valence-electron chi connectivity index (χ3n) is 4.29. The minimum Gasteiger partial charge on any atom is -0.352 e. The van der Waals surface area contributed by atoms with Crippen LogP contribution >= 0.6 is 12.4 Å². The lowest BCUT2D eigenvalue weighted by Gasteiger charge is -2.19. The number of nitrogens with one attached hydrogen (secondary N) is 3. The van der Waals surface area contributed by atoms with E-state index in [0.29, 0.717) is 30.5 Å². The molecule has 1 aromatic heterocycles. The van der Waals surface area contributed by atoms with E-state index < -0.39 is 21.5 Å². The van der Waals surface area contributed by atoms with Crippen molar-refractivity contribution in [2.75, 3.05) is 33.2 Å². The van der Waals surface area contributed by atoms with E-state index in [1.165, 1.54) is 28.6 Å². The van der Waals surface area contributed by atoms with Crippen LogP contribution in [0.2, 0.25) is 0 Å². The number of halogens is 1. The van der Waals surface area contributed by atoms with Crippen LogP contribution in [0.4, 0.5) is 0 Å². The molecule has 156 valence electrons. The van der Waals surface area contributed by atoms with E-state index >= 15 is 0 Å². The fourth-order valence-electron chi connectivity index (χ4n) is 2.86. The largest absolute Gasteiger partial charge is 0.352 e. The number of sulfonamides is 1. The second kappa shape index (κ2) is 10.6. The molecule has 0 atom stereocenters. The van der Waals surface area contributed by atoms with Gasteiger partial charge in [-0.2, -0.15) is 4.31 Å². The van der Waals surface area contributed by atoms with Crippen LogP contribution in [0, 0.1) is 0 Å². The maximum absolute atomic E-state index is 12.8. The Morgan fingerprint density at radius 1 is 1.14 bits per heavy atom. The molecule has 3 N–H and O–H groups in total. The van der Waals surface area contributed by atoms with Gasteiger partial charge in [0.25, 0.3) is 5.91 Å². The molecule has 1 aromatic carbocycles. The van der Waals surface area contributed by atoms with Crippen LogP contribution in [0.1, 0.15) is 30.6 Å². The van der Waals surface area contributed by atoms with Crippen molar-refractivity contribution in [3.63, 3.8) is 0 Å². The Morgan fingerprint density at radius 2 is 1.82 bits per heavy atom. The first-order valence-electron chi connectivity index (χ1n) is 8.95. The predicted molar refractivity (Wildman–Crippen MR) is 113 cm³/mol. The number of aromatic amines is 1. The van der Waals surface area contributed by atoms with Gasteiger partial charge in [-0.1, -0.05) is 13.8 Å². The minimum absolute atomic E-state index is 0. The summed E-state index contributed by atoms with van der Waals surface area (Å²) in [6.07, 6.45) is 0.741. The number of pyridine rings is 1. The van der Waals surface area contributed by atoms with Crippen LogP contribution < -0.4 is 16.2 Å². The zero-order valence-electron chi connectivity index (χ0n) is 16.2. The maximum Gasteiger partial charge on any atom is 0.252 e. The van der Waals surface area contributed by atoms with Gasteiger partial charge >= 0.3 is 0 Å². The summed E-state index contributed by atoms with van der Waals surface area (Å²) in [6, 6.07) is 5.61. The Bertz CT molecular complexity index is 971. The molecule has 0 aliphatic carbocycles. The van der Waals surface area contributed by atoms with Gasteiger partial charge in [-0.25, -0.2) is 8.42 Å². The van der Waals surface area contributed by atoms with E-state index in [1.54, 1.807) is 13.8 Å². The number of fused-ring (bicyclic) bond motifs is 1. The third kappa shape index (κ3) is 5.32. The first-order chi connectivity index (χ1) is 12.8. The van der Waals surface area contributed by atoms with Crippen molar-refractivity contribution in [3.8, 4) is 0 Å². The Morgan fingerprint density at radius 3 is 2.43 bits per heavy atom. The van der Waals surface area contributed by atoms with Crippen LogP contribution in [-0.2, 0) is 10.0 Å². The zero-order chi connectivity index (χ0) is 20.0. The Kier molecular flexibility index (Phi) is 9.09. The van der Waals surface area contributed by atoms with Crippen LogP contribution in [0.15, 0.2) is 34.0 Å². The van der Waals surface area contributed by atoms with Gasteiger partial charge in [0.2, 0.25) is 15.6 Å². The SMILES string of the molecule is CCN(CC)S(=O)(=O)c1ccc2[nH]c(=O)cc(C(=O)NCCCNC)c2c1.Cl. The number of carbonyl (C=O) groups is 1. The molecule has 1 heterocycles. The van der Waals surface area contributed by atoms with Gasteiger partial charge in [0.1, 0.15) is 0 Å². The van der Waals surface area contributed by atoms with E-state index in [1.807, 2.05) is 7.05 Å². The topological polar surface area (TPSA) is 111 Å². The number of benzene rings is 1. The van der Waals surface area contributed by atoms with E-state index in [2.05, 4.69) is 15.6 Å². The summed E-state index contributed by atoms with van der Waals surface area (Å²) < 4.78 is 26.9. The van der Waals surface area contributed by atoms with Crippen LogP contribution in [-0.4, -0.2) is 56.8 Å². The molecule has 0 spiro atoms. The zero-order valence-corrected chi connectivity index (χ0v) is 17.9. The number of rotatable bonds is 9. The smallest absolute Gasteiger partial charge is 0.252 e. The second-order valence-electron chi connectivity index (χ2n) is 6.06. The molecule has 0 radical (unpaired) electrons. The van der Waals surface area contributed by atoms with Crippen molar-refractivity contribution in [3.05, 3.63) is 40.2 Å². The number of amides is 1. The molecule has 28 heavy (non-hydrogen) atoms. The Hall–Kier alpha value is -1.94. The molecule has 0 saturated carbocycles. The molecule has 10 heteroatoms. The molecule has 0 saturated heterocycles. The van der Waals surface area contributed by atoms with Crippen molar-refractivity contribution in [2.24, 2.45) is 0 Å². The molecule has 2 aromatic rings. The van der Waals surface area contributed by atoms with Crippen LogP contribution in [0.3, 0.4) is 0 Å². The molecule has 0 fully saturated rings. The summed E-state index contributed by atoms with van der Waals surface area (Å²) in [6.45, 7) is 5.43. The number of aromatic nitrogens is 1. The lowest BCUT2D eigenvalue weighted by atomic mass is 10.1. The van der Waals surface area contributed by atoms with Crippen LogP contribution in [0.25, 0.3) is 10.9 Å². The van der Waals surface area contributed by atoms with Crippen molar-refractivity contribution in [1.82, 2.24) is 19.9 Å². The molecule has 0 bridgehead atoms. The van der Waals surface area contributed by atoms with Gasteiger partial charge in [-0.05, 0) is 38.2 Å². The van der Waals surface area contributed by atoms with Gasteiger partial charge in [0, 0.05) is 36.6 Å². The minimum atomic E-state index is -3.67. The van der Waals surface area contributed by atoms with Gasteiger partial charge in [-0.3, -0.25) is 9.59 Å². The molecule has 8 nitrogen and oxygen atoms in total. The summed E-state index contributed by atoms with van der Waals surface area (Å²) in [4.78, 5) is 27.2. The molecule has 1 amide bonds. The quantitative estimate of drug-likeness (QED) is 0.519. The fourth-order valence-corrected chi connectivity index (χ4v) is 4.34. The maximum atomic E-state index is 12.8. The molecular weight excluding hydrogens is 404 g/mol. The fraction of sp³-hybridized carbons (Fsp3) is 0.444. The number of hydrogen-bond acceptors (Lipinski definition) is 5. The number of H-pyrrole nitrogens is 1. The molecule has 0 unspecified atom stereocenters.